The fourth-order valence-electron chi connectivity index (χ4n) is 4.93. The zero-order valence-electron chi connectivity index (χ0n) is 19.2. The molecule has 174 valence electrons. The van der Waals surface area contributed by atoms with Crippen LogP contribution in [0, 0.1) is 5.92 Å². The molecule has 8 heteroatoms. The number of aromatic nitrogens is 4. The number of likely N-dealkylation sites (tertiary alicyclic amines) is 1. The number of anilines is 1. The molecule has 0 bridgehead atoms. The summed E-state index contributed by atoms with van der Waals surface area (Å²) in [6.45, 7) is 5.72. The maximum absolute atomic E-state index is 12.7. The van der Waals surface area contributed by atoms with Crippen molar-refractivity contribution in [2.24, 2.45) is 5.92 Å². The van der Waals surface area contributed by atoms with E-state index in [0.29, 0.717) is 0 Å². The Balaban J connectivity index is 1.16. The van der Waals surface area contributed by atoms with E-state index in [-0.39, 0.29) is 11.8 Å². The molecule has 0 aliphatic carbocycles. The molecule has 33 heavy (non-hydrogen) atoms. The number of rotatable bonds is 6. The highest BCUT2D eigenvalue weighted by Crippen LogP contribution is 2.24. The summed E-state index contributed by atoms with van der Waals surface area (Å²) in [7, 11) is 0. The second-order valence-electron chi connectivity index (χ2n) is 9.16. The van der Waals surface area contributed by atoms with Crippen LogP contribution in [-0.4, -0.2) is 69.9 Å². The molecule has 4 heterocycles. The van der Waals surface area contributed by atoms with E-state index in [9.17, 15) is 4.79 Å². The van der Waals surface area contributed by atoms with Crippen LogP contribution in [0.4, 0.5) is 5.82 Å². The highest BCUT2D eigenvalue weighted by Gasteiger charge is 2.26. The van der Waals surface area contributed by atoms with Crippen molar-refractivity contribution in [3.8, 4) is 11.4 Å². The van der Waals surface area contributed by atoms with Crippen molar-refractivity contribution in [3.63, 3.8) is 0 Å². The highest BCUT2D eigenvalue weighted by molar-refractivity contribution is 5.79. The summed E-state index contributed by atoms with van der Waals surface area (Å²) in [6.07, 6.45) is 6.96. The minimum Gasteiger partial charge on any atom is -0.355 e. The number of piperidine rings is 1. The quantitative estimate of drug-likeness (QED) is 0.626. The van der Waals surface area contributed by atoms with Crippen LogP contribution in [0.15, 0.2) is 42.5 Å². The first-order valence-electron chi connectivity index (χ1n) is 12.3. The molecule has 0 spiro atoms. The lowest BCUT2D eigenvalue weighted by molar-refractivity contribution is -0.125. The van der Waals surface area contributed by atoms with Crippen molar-refractivity contribution in [3.05, 3.63) is 42.5 Å². The molecule has 0 radical (unpaired) electrons. The SMILES string of the molecule is O=C(NCCN1CCCCCC1)C1CCN(c2ccc3nnc(-c4ccccc4)n3n2)CC1. The highest BCUT2D eigenvalue weighted by atomic mass is 16.1. The Bertz CT molecular complexity index is 1050. The molecule has 3 aromatic rings. The summed E-state index contributed by atoms with van der Waals surface area (Å²) >= 11 is 0. The molecule has 1 aromatic carbocycles. The van der Waals surface area contributed by atoms with E-state index in [4.69, 9.17) is 5.10 Å². The van der Waals surface area contributed by atoms with E-state index in [1.54, 1.807) is 0 Å². The summed E-state index contributed by atoms with van der Waals surface area (Å²) in [6, 6.07) is 14.0. The molecule has 2 saturated heterocycles. The smallest absolute Gasteiger partial charge is 0.223 e. The van der Waals surface area contributed by atoms with Gasteiger partial charge in [-0.15, -0.1) is 15.3 Å². The maximum atomic E-state index is 12.7. The Morgan fingerprint density at radius 3 is 2.42 bits per heavy atom. The van der Waals surface area contributed by atoms with Crippen LogP contribution in [0.5, 0.6) is 0 Å². The van der Waals surface area contributed by atoms with Crippen molar-refractivity contribution in [1.29, 1.82) is 0 Å². The van der Waals surface area contributed by atoms with E-state index in [2.05, 4.69) is 25.3 Å². The van der Waals surface area contributed by atoms with Crippen LogP contribution >= 0.6 is 0 Å². The van der Waals surface area contributed by atoms with Gasteiger partial charge in [-0.3, -0.25) is 4.79 Å². The second kappa shape index (κ2) is 10.3. The van der Waals surface area contributed by atoms with E-state index < -0.39 is 0 Å². The summed E-state index contributed by atoms with van der Waals surface area (Å²) in [4.78, 5) is 17.5. The van der Waals surface area contributed by atoms with Crippen molar-refractivity contribution >= 4 is 17.4 Å². The van der Waals surface area contributed by atoms with E-state index in [1.165, 1.54) is 38.8 Å². The van der Waals surface area contributed by atoms with E-state index >= 15 is 0 Å². The normalized spacial score (nSPS) is 18.4. The van der Waals surface area contributed by atoms with Crippen LogP contribution < -0.4 is 10.2 Å². The molecule has 8 nitrogen and oxygen atoms in total. The number of carbonyl (C=O) groups excluding carboxylic acids is 1. The van der Waals surface area contributed by atoms with Crippen LogP contribution in [0.3, 0.4) is 0 Å². The van der Waals surface area contributed by atoms with Gasteiger partial charge in [-0.1, -0.05) is 43.2 Å². The third kappa shape index (κ3) is 5.16. The molecular weight excluding hydrogens is 414 g/mol. The first kappa shape index (κ1) is 21.8. The first-order valence-corrected chi connectivity index (χ1v) is 12.3. The average molecular weight is 448 g/mol. The van der Waals surface area contributed by atoms with Gasteiger partial charge in [0.15, 0.2) is 11.5 Å². The first-order chi connectivity index (χ1) is 16.3. The fraction of sp³-hybridized carbons (Fsp3) is 0.520. The van der Waals surface area contributed by atoms with Crippen molar-refractivity contribution in [2.45, 2.75) is 38.5 Å². The van der Waals surface area contributed by atoms with Gasteiger partial charge in [0, 0.05) is 37.7 Å². The van der Waals surface area contributed by atoms with Gasteiger partial charge in [0.05, 0.1) is 0 Å². The lowest BCUT2D eigenvalue weighted by Crippen LogP contribution is -2.43. The third-order valence-electron chi connectivity index (χ3n) is 6.90. The molecule has 2 fully saturated rings. The van der Waals surface area contributed by atoms with Crippen LogP contribution in [0.25, 0.3) is 17.0 Å². The third-order valence-corrected chi connectivity index (χ3v) is 6.90. The van der Waals surface area contributed by atoms with Crippen LogP contribution in [0.1, 0.15) is 38.5 Å². The lowest BCUT2D eigenvalue weighted by atomic mass is 9.96. The lowest BCUT2D eigenvalue weighted by Gasteiger charge is -2.32. The predicted octanol–water partition coefficient (Wildman–Crippen LogP) is 3.00. The predicted molar refractivity (Wildman–Crippen MR) is 129 cm³/mol. The number of hydrogen-bond donors (Lipinski definition) is 1. The van der Waals surface area contributed by atoms with Gasteiger partial charge in [-0.2, -0.15) is 4.52 Å². The number of nitrogens with zero attached hydrogens (tertiary/aromatic N) is 6. The molecule has 0 unspecified atom stereocenters. The molecule has 0 saturated carbocycles. The Kier molecular flexibility index (Phi) is 6.81. The fourth-order valence-corrected chi connectivity index (χ4v) is 4.93. The van der Waals surface area contributed by atoms with Crippen molar-refractivity contribution < 1.29 is 4.79 Å². The molecule has 1 amide bonds. The Hall–Kier alpha value is -3.00. The molecular formula is C25H33N7O. The zero-order chi connectivity index (χ0) is 22.5. The summed E-state index contributed by atoms with van der Waals surface area (Å²) in [5.74, 6) is 1.94. The zero-order valence-corrected chi connectivity index (χ0v) is 19.2. The average Bonchev–Trinajstić information content (AvgIpc) is 3.12. The molecule has 2 aliphatic heterocycles. The number of fused-ring (bicyclic) bond motifs is 1. The summed E-state index contributed by atoms with van der Waals surface area (Å²) in [5.41, 5.74) is 1.72. The molecule has 5 rings (SSSR count). The number of hydrogen-bond acceptors (Lipinski definition) is 6. The molecule has 2 aromatic heterocycles. The number of amides is 1. The number of nitrogens with one attached hydrogen (secondary N) is 1. The summed E-state index contributed by atoms with van der Waals surface area (Å²) < 4.78 is 1.81. The van der Waals surface area contributed by atoms with E-state index in [0.717, 1.165) is 61.9 Å². The minimum atomic E-state index is 0.0870. The van der Waals surface area contributed by atoms with Gasteiger partial charge in [0.2, 0.25) is 5.91 Å². The van der Waals surface area contributed by atoms with Crippen LogP contribution in [-0.2, 0) is 4.79 Å². The Morgan fingerprint density at radius 2 is 1.67 bits per heavy atom. The maximum Gasteiger partial charge on any atom is 0.223 e. The van der Waals surface area contributed by atoms with Gasteiger partial charge < -0.3 is 15.1 Å². The van der Waals surface area contributed by atoms with Crippen molar-refractivity contribution in [2.75, 3.05) is 44.2 Å². The van der Waals surface area contributed by atoms with Crippen LogP contribution in [0.2, 0.25) is 0 Å². The van der Waals surface area contributed by atoms with Gasteiger partial charge in [-0.05, 0) is 50.9 Å². The molecule has 0 atom stereocenters. The number of benzene rings is 1. The van der Waals surface area contributed by atoms with Gasteiger partial charge in [0.25, 0.3) is 0 Å². The molecule has 1 N–H and O–H groups in total. The monoisotopic (exact) mass is 447 g/mol. The minimum absolute atomic E-state index is 0.0870. The van der Waals surface area contributed by atoms with Gasteiger partial charge in [0.1, 0.15) is 5.82 Å². The topological polar surface area (TPSA) is 78.7 Å². The Labute approximate surface area is 195 Å². The standard InChI is InChI=1S/C25H33N7O/c33-25(26-14-19-30-15-6-1-2-7-16-30)21-12-17-31(18-13-21)23-11-10-22-27-28-24(32(22)29-23)20-8-4-3-5-9-20/h3-5,8-11,21H,1-2,6-7,12-19H2,(H,26,33). The number of carbonyl (C=O) groups is 1. The summed E-state index contributed by atoms with van der Waals surface area (Å²) in [5, 5.41) is 16.6. The Morgan fingerprint density at radius 1 is 0.909 bits per heavy atom. The largest absolute Gasteiger partial charge is 0.355 e. The molecule has 2 aliphatic rings. The van der Waals surface area contributed by atoms with E-state index in [1.807, 2.05) is 47.0 Å². The van der Waals surface area contributed by atoms with Gasteiger partial charge >= 0.3 is 0 Å². The van der Waals surface area contributed by atoms with Crippen molar-refractivity contribution in [1.82, 2.24) is 30.0 Å². The second-order valence-corrected chi connectivity index (χ2v) is 9.16. The van der Waals surface area contributed by atoms with Gasteiger partial charge in [-0.25, -0.2) is 0 Å².